The van der Waals surface area contributed by atoms with Gasteiger partial charge in [-0.2, -0.15) is 0 Å². The predicted octanol–water partition coefficient (Wildman–Crippen LogP) is 2.66. The maximum atomic E-state index is 12.8. The zero-order chi connectivity index (χ0) is 19.5. The number of carbonyl (C=O) groups excluding carboxylic acids is 2. The molecule has 1 saturated carbocycles. The van der Waals surface area contributed by atoms with Gasteiger partial charge in [0.25, 0.3) is 5.91 Å². The Hall–Kier alpha value is -1.88. The highest BCUT2D eigenvalue weighted by atomic mass is 16.2. The molecule has 2 aliphatic heterocycles. The van der Waals surface area contributed by atoms with Gasteiger partial charge in [-0.3, -0.25) is 9.59 Å². The molecule has 1 aliphatic carbocycles. The van der Waals surface area contributed by atoms with Crippen LogP contribution in [0.25, 0.3) is 0 Å². The van der Waals surface area contributed by atoms with Crippen LogP contribution in [-0.2, 0) is 11.2 Å². The Kier molecular flexibility index (Phi) is 6.00. The molecule has 2 heterocycles. The van der Waals surface area contributed by atoms with Crippen LogP contribution in [0.3, 0.4) is 0 Å². The molecule has 2 amide bonds. The Morgan fingerprint density at radius 2 is 1.57 bits per heavy atom. The molecule has 3 fully saturated rings. The van der Waals surface area contributed by atoms with Crippen LogP contribution in [0.1, 0.15) is 48.0 Å². The summed E-state index contributed by atoms with van der Waals surface area (Å²) in [7, 11) is 2.12. The van der Waals surface area contributed by atoms with Gasteiger partial charge < -0.3 is 14.7 Å². The molecule has 1 aromatic rings. The van der Waals surface area contributed by atoms with Crippen LogP contribution >= 0.6 is 0 Å². The molecule has 0 bridgehead atoms. The Balaban J connectivity index is 1.27. The lowest BCUT2D eigenvalue weighted by Crippen LogP contribution is -2.39. The molecule has 0 aromatic heterocycles. The molecule has 28 heavy (non-hydrogen) atoms. The first-order valence-corrected chi connectivity index (χ1v) is 11.0. The molecule has 1 aromatic carbocycles. The topological polar surface area (TPSA) is 43.9 Å². The van der Waals surface area contributed by atoms with Gasteiger partial charge in [0.1, 0.15) is 0 Å². The fraction of sp³-hybridized carbons (Fsp3) is 0.652. The fourth-order valence-electron chi connectivity index (χ4n) is 4.49. The number of likely N-dealkylation sites (N-methyl/N-ethyl adjacent to an activating group) is 1. The molecular weight excluding hydrogens is 350 g/mol. The Labute approximate surface area is 168 Å². The predicted molar refractivity (Wildman–Crippen MR) is 110 cm³/mol. The molecule has 0 unspecified atom stereocenters. The van der Waals surface area contributed by atoms with Gasteiger partial charge in [0, 0.05) is 44.2 Å². The van der Waals surface area contributed by atoms with Crippen molar-refractivity contribution in [2.24, 2.45) is 11.8 Å². The van der Waals surface area contributed by atoms with Crippen molar-refractivity contribution in [3.63, 3.8) is 0 Å². The van der Waals surface area contributed by atoms with E-state index < -0.39 is 0 Å². The van der Waals surface area contributed by atoms with Crippen molar-refractivity contribution in [3.05, 3.63) is 35.4 Å². The highest BCUT2D eigenvalue weighted by Crippen LogP contribution is 2.33. The van der Waals surface area contributed by atoms with Crippen molar-refractivity contribution in [3.8, 4) is 0 Å². The maximum Gasteiger partial charge on any atom is 0.253 e. The van der Waals surface area contributed by atoms with Gasteiger partial charge in [0.2, 0.25) is 5.91 Å². The van der Waals surface area contributed by atoms with E-state index in [-0.39, 0.29) is 5.91 Å². The lowest BCUT2D eigenvalue weighted by molar-refractivity contribution is -0.133. The quantitative estimate of drug-likeness (QED) is 0.803. The first-order chi connectivity index (χ1) is 13.6. The Morgan fingerprint density at radius 3 is 2.25 bits per heavy atom. The summed E-state index contributed by atoms with van der Waals surface area (Å²) in [6.45, 7) is 5.51. The summed E-state index contributed by atoms with van der Waals surface area (Å²) in [5, 5.41) is 0. The van der Waals surface area contributed by atoms with Gasteiger partial charge in [-0.25, -0.2) is 0 Å². The third-order valence-electron chi connectivity index (χ3n) is 6.58. The van der Waals surface area contributed by atoms with E-state index in [1.807, 2.05) is 17.0 Å². The monoisotopic (exact) mass is 383 g/mol. The van der Waals surface area contributed by atoms with Gasteiger partial charge in [0.15, 0.2) is 0 Å². The molecule has 5 heteroatoms. The molecule has 152 valence electrons. The van der Waals surface area contributed by atoms with E-state index in [9.17, 15) is 9.59 Å². The number of carbonyl (C=O) groups is 2. The minimum atomic E-state index is 0.161. The minimum Gasteiger partial charge on any atom is -0.342 e. The highest BCUT2D eigenvalue weighted by molar-refractivity contribution is 5.94. The van der Waals surface area contributed by atoms with Crippen LogP contribution in [-0.4, -0.2) is 72.8 Å². The van der Waals surface area contributed by atoms with E-state index in [0.717, 1.165) is 83.4 Å². The van der Waals surface area contributed by atoms with E-state index in [0.29, 0.717) is 17.7 Å². The van der Waals surface area contributed by atoms with Crippen molar-refractivity contribution in [1.82, 2.24) is 14.7 Å². The summed E-state index contributed by atoms with van der Waals surface area (Å²) < 4.78 is 0. The van der Waals surface area contributed by atoms with E-state index in [1.165, 1.54) is 5.56 Å². The van der Waals surface area contributed by atoms with Crippen LogP contribution in [0, 0.1) is 11.8 Å². The highest BCUT2D eigenvalue weighted by Gasteiger charge is 2.34. The van der Waals surface area contributed by atoms with Crippen molar-refractivity contribution in [2.75, 3.05) is 46.3 Å². The number of likely N-dealkylation sites (tertiary alicyclic amines) is 1. The maximum absolute atomic E-state index is 12.8. The Bertz CT molecular complexity index is 690. The normalized spacial score (nSPS) is 22.2. The first-order valence-electron chi connectivity index (χ1n) is 11.0. The lowest BCUT2D eigenvalue weighted by atomic mass is 9.89. The van der Waals surface area contributed by atoms with Gasteiger partial charge >= 0.3 is 0 Å². The SMILES string of the molecule is CN1CCCN(C(=O)c2ccc(CC3CCN(C(=O)C4CC4)CC3)cc2)CC1. The number of hydrogen-bond acceptors (Lipinski definition) is 3. The average molecular weight is 384 g/mol. The van der Waals surface area contributed by atoms with Gasteiger partial charge in [0.05, 0.1) is 0 Å². The zero-order valence-electron chi connectivity index (χ0n) is 17.1. The second kappa shape index (κ2) is 8.64. The van der Waals surface area contributed by atoms with E-state index in [4.69, 9.17) is 0 Å². The minimum absolute atomic E-state index is 0.161. The molecule has 3 aliphatic rings. The van der Waals surface area contributed by atoms with Crippen LogP contribution in [0.15, 0.2) is 24.3 Å². The fourth-order valence-corrected chi connectivity index (χ4v) is 4.49. The smallest absolute Gasteiger partial charge is 0.253 e. The number of piperidine rings is 1. The number of amides is 2. The van der Waals surface area contributed by atoms with Crippen LogP contribution in [0.5, 0.6) is 0 Å². The summed E-state index contributed by atoms with van der Waals surface area (Å²) in [6, 6.07) is 8.24. The third kappa shape index (κ3) is 4.75. The number of hydrogen-bond donors (Lipinski definition) is 0. The van der Waals surface area contributed by atoms with E-state index >= 15 is 0 Å². The lowest BCUT2D eigenvalue weighted by Gasteiger charge is -2.32. The van der Waals surface area contributed by atoms with Crippen molar-refractivity contribution in [2.45, 2.75) is 38.5 Å². The van der Waals surface area contributed by atoms with E-state index in [1.54, 1.807) is 0 Å². The molecule has 0 spiro atoms. The molecule has 2 saturated heterocycles. The van der Waals surface area contributed by atoms with Crippen LogP contribution in [0.4, 0.5) is 0 Å². The number of benzene rings is 1. The molecule has 0 atom stereocenters. The van der Waals surface area contributed by atoms with Crippen LogP contribution in [0.2, 0.25) is 0 Å². The molecular formula is C23H33N3O2. The van der Waals surface area contributed by atoms with Gasteiger partial charge in [-0.05, 0) is 75.7 Å². The zero-order valence-corrected chi connectivity index (χ0v) is 17.1. The second-order valence-electron chi connectivity index (χ2n) is 8.89. The Morgan fingerprint density at radius 1 is 0.857 bits per heavy atom. The van der Waals surface area contributed by atoms with Crippen LogP contribution < -0.4 is 0 Å². The van der Waals surface area contributed by atoms with Crippen molar-refractivity contribution >= 4 is 11.8 Å². The van der Waals surface area contributed by atoms with Gasteiger partial charge in [-0.15, -0.1) is 0 Å². The first kappa shape index (κ1) is 19.4. The van der Waals surface area contributed by atoms with Crippen molar-refractivity contribution < 1.29 is 9.59 Å². The number of nitrogens with zero attached hydrogens (tertiary/aromatic N) is 3. The second-order valence-corrected chi connectivity index (χ2v) is 8.89. The molecule has 5 nitrogen and oxygen atoms in total. The summed E-state index contributed by atoms with van der Waals surface area (Å²) in [5.74, 6) is 1.53. The molecule has 4 rings (SSSR count). The van der Waals surface area contributed by atoms with E-state index in [2.05, 4.69) is 29.0 Å². The summed E-state index contributed by atoms with van der Waals surface area (Å²) in [5.41, 5.74) is 2.11. The standard InChI is InChI=1S/C23H33N3O2/c1-24-11-2-12-25(16-15-24)22(27)20-5-3-18(4-6-20)17-19-9-13-26(14-10-19)23(28)21-7-8-21/h3-6,19,21H,2,7-17H2,1H3. The molecule has 0 N–H and O–H groups in total. The third-order valence-corrected chi connectivity index (χ3v) is 6.58. The molecule has 0 radical (unpaired) electrons. The summed E-state index contributed by atoms with van der Waals surface area (Å²) >= 11 is 0. The average Bonchev–Trinajstić information content (AvgIpc) is 3.56. The largest absolute Gasteiger partial charge is 0.342 e. The van der Waals surface area contributed by atoms with Crippen molar-refractivity contribution in [1.29, 1.82) is 0 Å². The summed E-state index contributed by atoms with van der Waals surface area (Å²) in [4.78, 5) is 31.3. The summed E-state index contributed by atoms with van der Waals surface area (Å²) in [6.07, 6.45) is 6.48. The number of rotatable bonds is 4. The van der Waals surface area contributed by atoms with Gasteiger partial charge in [-0.1, -0.05) is 12.1 Å².